The van der Waals surface area contributed by atoms with E-state index < -0.39 is 11.4 Å². The number of benzene rings is 1. The van der Waals surface area contributed by atoms with Crippen LogP contribution in [-0.2, 0) is 17.8 Å². The molecule has 1 aromatic carbocycles. The van der Waals surface area contributed by atoms with Gasteiger partial charge in [-0.3, -0.25) is 0 Å². The summed E-state index contributed by atoms with van der Waals surface area (Å²) in [5.41, 5.74) is 1.24. The van der Waals surface area contributed by atoms with E-state index in [9.17, 15) is 8.76 Å². The molecule has 0 aliphatic rings. The SMILES string of the molecule is CCCCCCCCCCCCCCc1ccc(OS(=O)[O-])cc1. The maximum absolute atomic E-state index is 10.4. The summed E-state index contributed by atoms with van der Waals surface area (Å²) in [6.07, 6.45) is 17.4. The number of unbranched alkanes of at least 4 members (excludes halogenated alkanes) is 11. The topological polar surface area (TPSA) is 49.4 Å². The van der Waals surface area contributed by atoms with Crippen LogP contribution in [0.15, 0.2) is 24.3 Å². The second kappa shape index (κ2) is 14.5. The van der Waals surface area contributed by atoms with Crippen LogP contribution >= 0.6 is 0 Å². The van der Waals surface area contributed by atoms with Crippen LogP contribution < -0.4 is 4.18 Å². The molecule has 0 saturated carbocycles. The second-order valence-corrected chi connectivity index (χ2v) is 7.15. The van der Waals surface area contributed by atoms with Gasteiger partial charge in [-0.1, -0.05) is 89.7 Å². The van der Waals surface area contributed by atoms with Gasteiger partial charge in [0.1, 0.15) is 17.1 Å². The summed E-state index contributed by atoms with van der Waals surface area (Å²) >= 11 is -2.49. The molecule has 3 nitrogen and oxygen atoms in total. The second-order valence-electron chi connectivity index (χ2n) is 6.57. The summed E-state index contributed by atoms with van der Waals surface area (Å²) in [7, 11) is 0. The predicted molar refractivity (Wildman–Crippen MR) is 101 cm³/mol. The number of hydrogen-bond donors (Lipinski definition) is 0. The van der Waals surface area contributed by atoms with Gasteiger partial charge in [-0.05, 0) is 30.5 Å². The first-order chi connectivity index (χ1) is 11.7. The van der Waals surface area contributed by atoms with Gasteiger partial charge in [-0.15, -0.1) is 0 Å². The van der Waals surface area contributed by atoms with E-state index in [2.05, 4.69) is 11.1 Å². The summed E-state index contributed by atoms with van der Waals surface area (Å²) in [6.45, 7) is 2.27. The Morgan fingerprint density at radius 3 is 1.71 bits per heavy atom. The fraction of sp³-hybridized carbons (Fsp3) is 0.700. The summed E-state index contributed by atoms with van der Waals surface area (Å²) in [4.78, 5) is 0. The fourth-order valence-electron chi connectivity index (χ4n) is 2.96. The predicted octanol–water partition coefficient (Wildman–Crippen LogP) is 6.10. The molecule has 0 spiro atoms. The molecule has 0 fully saturated rings. The van der Waals surface area contributed by atoms with Crippen molar-refractivity contribution in [3.63, 3.8) is 0 Å². The van der Waals surface area contributed by atoms with Crippen molar-refractivity contribution in [3.8, 4) is 5.75 Å². The average Bonchev–Trinajstić information content (AvgIpc) is 2.57. The van der Waals surface area contributed by atoms with E-state index in [4.69, 9.17) is 0 Å². The molecule has 0 heterocycles. The number of rotatable bonds is 15. The highest BCUT2D eigenvalue weighted by Gasteiger charge is 1.97. The van der Waals surface area contributed by atoms with Crippen molar-refractivity contribution in [2.24, 2.45) is 0 Å². The fourth-order valence-corrected chi connectivity index (χ4v) is 3.23. The lowest BCUT2D eigenvalue weighted by atomic mass is 10.0. The van der Waals surface area contributed by atoms with Gasteiger partial charge >= 0.3 is 0 Å². The van der Waals surface area contributed by atoms with Gasteiger partial charge in [0.2, 0.25) is 0 Å². The summed E-state index contributed by atoms with van der Waals surface area (Å²) in [5.74, 6) is 0.377. The lowest BCUT2D eigenvalue weighted by molar-refractivity contribution is 0.440. The Hall–Kier alpha value is -0.870. The zero-order valence-corrected chi connectivity index (χ0v) is 16.0. The first kappa shape index (κ1) is 21.2. The highest BCUT2D eigenvalue weighted by atomic mass is 32.2. The molecule has 0 aliphatic heterocycles. The van der Waals surface area contributed by atoms with Gasteiger partial charge < -0.3 is 8.74 Å². The largest absolute Gasteiger partial charge is 0.740 e. The van der Waals surface area contributed by atoms with Crippen LogP contribution in [0.3, 0.4) is 0 Å². The molecule has 1 unspecified atom stereocenters. The van der Waals surface area contributed by atoms with Crippen molar-refractivity contribution >= 4 is 11.4 Å². The molecule has 24 heavy (non-hydrogen) atoms. The maximum atomic E-state index is 10.4. The Labute approximate surface area is 150 Å². The van der Waals surface area contributed by atoms with Crippen LogP contribution in [0.1, 0.15) is 89.5 Å². The van der Waals surface area contributed by atoms with Gasteiger partial charge in [0.25, 0.3) is 0 Å². The zero-order valence-electron chi connectivity index (χ0n) is 15.1. The quantitative estimate of drug-likeness (QED) is 0.282. The average molecular weight is 354 g/mol. The Kier molecular flexibility index (Phi) is 12.8. The van der Waals surface area contributed by atoms with Crippen molar-refractivity contribution in [2.45, 2.75) is 90.4 Å². The van der Waals surface area contributed by atoms with Crippen LogP contribution in [0.25, 0.3) is 0 Å². The van der Waals surface area contributed by atoms with Gasteiger partial charge in [0.15, 0.2) is 0 Å². The van der Waals surface area contributed by atoms with Crippen molar-refractivity contribution in [3.05, 3.63) is 29.8 Å². The lowest BCUT2D eigenvalue weighted by Gasteiger charge is -2.08. The molecule has 0 saturated heterocycles. The minimum atomic E-state index is -2.49. The Morgan fingerprint density at radius 1 is 0.792 bits per heavy atom. The Balaban J connectivity index is 1.92. The monoisotopic (exact) mass is 353 g/mol. The van der Waals surface area contributed by atoms with E-state index in [0.717, 1.165) is 6.42 Å². The minimum Gasteiger partial charge on any atom is -0.740 e. The van der Waals surface area contributed by atoms with Crippen LogP contribution in [0.2, 0.25) is 0 Å². The van der Waals surface area contributed by atoms with Crippen molar-refractivity contribution in [1.82, 2.24) is 0 Å². The highest BCUT2D eigenvalue weighted by molar-refractivity contribution is 7.74. The maximum Gasteiger partial charge on any atom is 0.139 e. The van der Waals surface area contributed by atoms with Gasteiger partial charge in [-0.2, -0.15) is 0 Å². The number of hydrogen-bond acceptors (Lipinski definition) is 3. The molecular weight excluding hydrogens is 320 g/mol. The van der Waals surface area contributed by atoms with E-state index in [1.165, 1.54) is 82.6 Å². The molecule has 0 radical (unpaired) electrons. The van der Waals surface area contributed by atoms with Gasteiger partial charge in [0, 0.05) is 0 Å². The van der Waals surface area contributed by atoms with Crippen LogP contribution in [0.4, 0.5) is 0 Å². The van der Waals surface area contributed by atoms with Crippen molar-refractivity contribution in [2.75, 3.05) is 0 Å². The van der Waals surface area contributed by atoms with E-state index in [1.54, 1.807) is 12.1 Å². The molecule has 0 N–H and O–H groups in total. The third kappa shape index (κ3) is 11.6. The third-order valence-corrected chi connectivity index (χ3v) is 4.74. The van der Waals surface area contributed by atoms with Gasteiger partial charge in [-0.25, -0.2) is 4.21 Å². The van der Waals surface area contributed by atoms with Crippen LogP contribution in [-0.4, -0.2) is 8.76 Å². The Morgan fingerprint density at radius 2 is 1.25 bits per heavy atom. The van der Waals surface area contributed by atoms with Crippen molar-refractivity contribution in [1.29, 1.82) is 0 Å². The van der Waals surface area contributed by atoms with Crippen molar-refractivity contribution < 1.29 is 12.9 Å². The van der Waals surface area contributed by atoms with Crippen LogP contribution in [0, 0.1) is 0 Å². The Bertz CT molecular complexity index is 431. The standard InChI is InChI=1S/C20H34O3S/c1-2-3-4-5-6-7-8-9-10-11-12-13-14-19-15-17-20(18-16-19)23-24(21)22/h15-18H,2-14H2,1H3,(H,21,22)/p-1. The lowest BCUT2D eigenvalue weighted by Crippen LogP contribution is -1.97. The molecule has 1 rings (SSSR count). The van der Waals surface area contributed by atoms with E-state index in [-0.39, 0.29) is 0 Å². The third-order valence-electron chi connectivity index (χ3n) is 4.41. The highest BCUT2D eigenvalue weighted by Crippen LogP contribution is 2.16. The first-order valence-electron chi connectivity index (χ1n) is 9.59. The molecule has 4 heteroatoms. The van der Waals surface area contributed by atoms with Crippen LogP contribution in [0.5, 0.6) is 5.75 Å². The van der Waals surface area contributed by atoms with Gasteiger partial charge in [0.05, 0.1) is 0 Å². The minimum absolute atomic E-state index is 0.377. The molecule has 0 aliphatic carbocycles. The molecule has 1 aromatic rings. The first-order valence-corrected chi connectivity index (χ1v) is 10.6. The molecule has 1 atom stereocenters. The summed E-state index contributed by atoms with van der Waals surface area (Å²) < 4.78 is 25.5. The summed E-state index contributed by atoms with van der Waals surface area (Å²) in [5, 5.41) is 0. The smallest absolute Gasteiger partial charge is 0.139 e. The zero-order chi connectivity index (χ0) is 17.5. The molecular formula is C20H33O3S-. The van der Waals surface area contributed by atoms with E-state index in [1.807, 2.05) is 12.1 Å². The molecule has 0 bridgehead atoms. The van der Waals surface area contributed by atoms with E-state index in [0.29, 0.717) is 5.75 Å². The molecule has 0 aromatic heterocycles. The molecule has 138 valence electrons. The number of aryl methyl sites for hydroxylation is 1. The normalized spacial score (nSPS) is 12.2. The summed E-state index contributed by atoms with van der Waals surface area (Å²) in [6, 6.07) is 7.32. The molecule has 0 amide bonds. The van der Waals surface area contributed by atoms with E-state index >= 15 is 0 Å².